The molecule has 3 atom stereocenters. The Morgan fingerprint density at radius 1 is 1.17 bits per heavy atom. The lowest BCUT2D eigenvalue weighted by Gasteiger charge is -2.37. The first kappa shape index (κ1) is 16.3. The Kier molecular flexibility index (Phi) is 4.47. The van der Waals surface area contributed by atoms with Gasteiger partial charge in [-0.1, -0.05) is 24.3 Å². The van der Waals surface area contributed by atoms with Crippen LogP contribution in [0.3, 0.4) is 0 Å². The van der Waals surface area contributed by atoms with Gasteiger partial charge in [-0.05, 0) is 24.5 Å². The number of hydrogen-bond donors (Lipinski definition) is 1. The fourth-order valence-electron chi connectivity index (χ4n) is 4.06. The maximum Gasteiger partial charge on any atom is 0.243 e. The molecule has 0 radical (unpaired) electrons. The van der Waals surface area contributed by atoms with Gasteiger partial charge in [0, 0.05) is 31.0 Å². The third kappa shape index (κ3) is 3.04. The number of rotatable bonds is 5. The molecule has 1 aromatic carbocycles. The van der Waals surface area contributed by atoms with E-state index in [1.54, 1.807) is 12.1 Å². The van der Waals surface area contributed by atoms with Crippen molar-refractivity contribution in [2.75, 3.05) is 26.3 Å². The number of morpholine rings is 1. The second-order valence-electron chi connectivity index (χ2n) is 7.00. The first-order valence-electron chi connectivity index (χ1n) is 8.81. The quantitative estimate of drug-likeness (QED) is 0.798. The van der Waals surface area contributed by atoms with Crippen LogP contribution in [0.1, 0.15) is 18.4 Å². The number of hydrogen-bond acceptors (Lipinski definition) is 3. The topological polar surface area (TPSA) is 63.2 Å². The fraction of sp³-hybridized carbons (Fsp3) is 0.556. The molecule has 2 N–H and O–H groups in total. The van der Waals surface area contributed by atoms with Gasteiger partial charge in [0.05, 0.1) is 24.2 Å². The third-order valence-electron chi connectivity index (χ3n) is 5.60. The van der Waals surface area contributed by atoms with Gasteiger partial charge in [-0.15, -0.1) is 0 Å². The van der Waals surface area contributed by atoms with Gasteiger partial charge in [-0.25, -0.2) is 8.42 Å². The minimum Gasteiger partial charge on any atom is -0.379 e. The highest BCUT2D eigenvalue weighted by atomic mass is 32.2. The van der Waals surface area contributed by atoms with Crippen LogP contribution in [0.25, 0.3) is 0 Å². The van der Waals surface area contributed by atoms with E-state index in [2.05, 4.69) is 17.5 Å². The molecule has 1 heterocycles. The molecule has 0 bridgehead atoms. The van der Waals surface area contributed by atoms with E-state index in [0.29, 0.717) is 37.2 Å². The highest BCUT2D eigenvalue weighted by molar-refractivity contribution is 7.89. The van der Waals surface area contributed by atoms with Crippen LogP contribution in [0, 0.1) is 11.8 Å². The van der Waals surface area contributed by atoms with Crippen LogP contribution in [0.15, 0.2) is 41.3 Å². The van der Waals surface area contributed by atoms with Gasteiger partial charge in [-0.2, -0.15) is 4.31 Å². The first-order valence-corrected chi connectivity index (χ1v) is 10.3. The van der Waals surface area contributed by atoms with Crippen molar-refractivity contribution in [3.05, 3.63) is 42.0 Å². The Hall–Kier alpha value is -1.21. The molecule has 4 rings (SSSR count). The van der Waals surface area contributed by atoms with Crippen LogP contribution < -0.4 is 5.32 Å². The maximum absolute atomic E-state index is 12.6. The molecule has 2 fully saturated rings. The van der Waals surface area contributed by atoms with Crippen LogP contribution in [0.2, 0.25) is 0 Å². The van der Waals surface area contributed by atoms with E-state index >= 15 is 0 Å². The molecule has 1 saturated heterocycles. The molecule has 1 saturated carbocycles. The number of quaternary nitrogens is 1. The minimum atomic E-state index is -3.38. The van der Waals surface area contributed by atoms with Crippen molar-refractivity contribution < 1.29 is 18.5 Å². The number of benzene rings is 1. The zero-order chi connectivity index (χ0) is 16.6. The molecular weight excluding hydrogens is 324 g/mol. The van der Waals surface area contributed by atoms with Gasteiger partial charge >= 0.3 is 0 Å². The Bertz CT molecular complexity index is 708. The zero-order valence-electron chi connectivity index (χ0n) is 13.8. The smallest absolute Gasteiger partial charge is 0.243 e. The van der Waals surface area contributed by atoms with E-state index in [0.717, 1.165) is 18.4 Å². The van der Waals surface area contributed by atoms with E-state index in [1.807, 2.05) is 12.1 Å². The van der Waals surface area contributed by atoms with Gasteiger partial charge in [0.1, 0.15) is 6.54 Å². The van der Waals surface area contributed by atoms with Crippen LogP contribution >= 0.6 is 0 Å². The molecule has 0 unspecified atom stereocenters. The molecule has 1 aliphatic heterocycles. The van der Waals surface area contributed by atoms with Crippen molar-refractivity contribution in [3.8, 4) is 0 Å². The standard InChI is InChI=1S/C18H24N2O3S/c21-24(22,20-8-10-23-11-9-20)16-6-4-14(5-7-16)13-19-18-12-15-2-1-3-17(15)18/h1,3-7,15,17-19H,2,8-13H2/p+1/t15-,17+,18-/m1/s1. The third-order valence-corrected chi connectivity index (χ3v) is 7.51. The lowest BCUT2D eigenvalue weighted by molar-refractivity contribution is -0.722. The average Bonchev–Trinajstić information content (AvgIpc) is 2.97. The van der Waals surface area contributed by atoms with Crippen molar-refractivity contribution in [2.24, 2.45) is 11.8 Å². The van der Waals surface area contributed by atoms with Gasteiger partial charge < -0.3 is 10.1 Å². The van der Waals surface area contributed by atoms with Crippen molar-refractivity contribution in [1.29, 1.82) is 0 Å². The number of sulfonamides is 1. The molecular formula is C18H25N2O3S+. The van der Waals surface area contributed by atoms with Gasteiger partial charge in [-0.3, -0.25) is 0 Å². The maximum atomic E-state index is 12.6. The SMILES string of the molecule is O=S(=O)(c1ccc(C[NH2+][C@@H]2C[C@H]3CC=C[C@@H]32)cc1)N1CCOCC1. The Morgan fingerprint density at radius 2 is 1.92 bits per heavy atom. The summed E-state index contributed by atoms with van der Waals surface area (Å²) < 4.78 is 31.9. The molecule has 2 aliphatic carbocycles. The molecule has 5 nitrogen and oxygen atoms in total. The summed E-state index contributed by atoms with van der Waals surface area (Å²) in [5.74, 6) is 1.64. The van der Waals surface area contributed by atoms with E-state index in [4.69, 9.17) is 4.74 Å². The van der Waals surface area contributed by atoms with Gasteiger partial charge in [0.15, 0.2) is 0 Å². The second kappa shape index (κ2) is 6.59. The first-order chi connectivity index (χ1) is 11.6. The molecule has 24 heavy (non-hydrogen) atoms. The second-order valence-corrected chi connectivity index (χ2v) is 8.94. The fourth-order valence-corrected chi connectivity index (χ4v) is 5.46. The zero-order valence-corrected chi connectivity index (χ0v) is 14.6. The molecule has 3 aliphatic rings. The molecule has 0 amide bonds. The monoisotopic (exact) mass is 349 g/mol. The van der Waals surface area contributed by atoms with Crippen LogP contribution in [-0.4, -0.2) is 45.1 Å². The Labute approximate surface area is 143 Å². The van der Waals surface area contributed by atoms with E-state index < -0.39 is 10.0 Å². The van der Waals surface area contributed by atoms with E-state index in [-0.39, 0.29) is 0 Å². The number of fused-ring (bicyclic) bond motifs is 1. The molecule has 0 spiro atoms. The number of nitrogens with zero attached hydrogens (tertiary/aromatic N) is 1. The Morgan fingerprint density at radius 3 is 2.62 bits per heavy atom. The van der Waals surface area contributed by atoms with Gasteiger partial charge in [0.25, 0.3) is 0 Å². The van der Waals surface area contributed by atoms with E-state index in [9.17, 15) is 8.42 Å². The summed E-state index contributed by atoms with van der Waals surface area (Å²) in [6, 6.07) is 8.08. The molecule has 130 valence electrons. The Balaban J connectivity index is 1.36. The van der Waals surface area contributed by atoms with Crippen molar-refractivity contribution in [3.63, 3.8) is 0 Å². The normalized spacial score (nSPS) is 30.1. The van der Waals surface area contributed by atoms with Crippen LogP contribution in [0.5, 0.6) is 0 Å². The van der Waals surface area contributed by atoms with Crippen LogP contribution in [0.4, 0.5) is 0 Å². The average molecular weight is 349 g/mol. The minimum absolute atomic E-state index is 0.385. The van der Waals surface area contributed by atoms with Gasteiger partial charge in [0.2, 0.25) is 10.0 Å². The summed E-state index contributed by atoms with van der Waals surface area (Å²) in [5, 5.41) is 2.41. The number of nitrogens with two attached hydrogens (primary N) is 1. The summed E-state index contributed by atoms with van der Waals surface area (Å²) in [5.41, 5.74) is 1.18. The summed E-state index contributed by atoms with van der Waals surface area (Å²) in [7, 11) is -3.38. The number of allylic oxidation sites excluding steroid dienone is 1. The summed E-state index contributed by atoms with van der Waals surface area (Å²) in [6.45, 7) is 2.75. The molecule has 1 aromatic rings. The molecule has 0 aromatic heterocycles. The number of ether oxygens (including phenoxy) is 1. The van der Waals surface area contributed by atoms with Crippen molar-refractivity contribution in [1.82, 2.24) is 4.31 Å². The lowest BCUT2D eigenvalue weighted by Crippen LogP contribution is -2.92. The highest BCUT2D eigenvalue weighted by Gasteiger charge is 2.43. The molecule has 6 heteroatoms. The van der Waals surface area contributed by atoms with E-state index in [1.165, 1.54) is 22.7 Å². The predicted molar refractivity (Wildman–Crippen MR) is 90.8 cm³/mol. The summed E-state index contributed by atoms with van der Waals surface area (Å²) in [4.78, 5) is 0.385. The van der Waals surface area contributed by atoms with Crippen LogP contribution in [-0.2, 0) is 21.3 Å². The van der Waals surface area contributed by atoms with Crippen molar-refractivity contribution >= 4 is 10.0 Å². The summed E-state index contributed by atoms with van der Waals surface area (Å²) >= 11 is 0. The summed E-state index contributed by atoms with van der Waals surface area (Å²) in [6.07, 6.45) is 7.24. The lowest BCUT2D eigenvalue weighted by atomic mass is 9.71. The van der Waals surface area contributed by atoms with Crippen molar-refractivity contribution in [2.45, 2.75) is 30.3 Å². The predicted octanol–water partition coefficient (Wildman–Crippen LogP) is 0.736. The largest absolute Gasteiger partial charge is 0.379 e. The highest BCUT2D eigenvalue weighted by Crippen LogP contribution is 2.40.